The largest absolute Gasteiger partial charge is 0.271 e. The number of hydrogen-bond donors (Lipinski definition) is 2. The molecule has 0 bridgehead atoms. The average molecular weight is 246 g/mol. The van der Waals surface area contributed by atoms with Crippen molar-refractivity contribution in [2.75, 3.05) is 0 Å². The van der Waals surface area contributed by atoms with E-state index in [1.165, 1.54) is 37.7 Å². The molecule has 100 valence electrons. The minimum Gasteiger partial charge on any atom is -0.271 e. The van der Waals surface area contributed by atoms with Gasteiger partial charge in [0.2, 0.25) is 0 Å². The molecule has 1 saturated carbocycles. The fourth-order valence-electron chi connectivity index (χ4n) is 2.99. The fourth-order valence-corrected chi connectivity index (χ4v) is 2.99. The van der Waals surface area contributed by atoms with E-state index in [1.807, 2.05) is 0 Å². The predicted molar refractivity (Wildman–Crippen MR) is 77.2 cm³/mol. The number of hydrazine groups is 1. The zero-order valence-electron chi connectivity index (χ0n) is 11.7. The molecule has 1 unspecified atom stereocenters. The molecule has 1 aliphatic carbocycles. The van der Waals surface area contributed by atoms with Crippen molar-refractivity contribution in [2.24, 2.45) is 11.8 Å². The third-order valence-corrected chi connectivity index (χ3v) is 4.28. The molecule has 2 heteroatoms. The minimum atomic E-state index is 0.312. The van der Waals surface area contributed by atoms with Gasteiger partial charge in [0.1, 0.15) is 0 Å². The summed E-state index contributed by atoms with van der Waals surface area (Å²) in [4.78, 5) is 0. The monoisotopic (exact) mass is 246 g/mol. The van der Waals surface area contributed by atoms with Crippen molar-refractivity contribution in [3.05, 3.63) is 35.9 Å². The summed E-state index contributed by atoms with van der Waals surface area (Å²) < 4.78 is 0. The third-order valence-electron chi connectivity index (χ3n) is 4.28. The Labute approximate surface area is 111 Å². The Morgan fingerprint density at radius 1 is 1.17 bits per heavy atom. The molecule has 0 amide bonds. The summed E-state index contributed by atoms with van der Waals surface area (Å²) in [5.41, 5.74) is 4.85. The van der Waals surface area contributed by atoms with Gasteiger partial charge in [-0.15, -0.1) is 0 Å². The number of nitrogens with one attached hydrogen (secondary N) is 1. The second-order valence-corrected chi connectivity index (χ2v) is 6.07. The van der Waals surface area contributed by atoms with Gasteiger partial charge in [0.05, 0.1) is 0 Å². The van der Waals surface area contributed by atoms with Gasteiger partial charge >= 0.3 is 0 Å². The highest BCUT2D eigenvalue weighted by atomic mass is 15.2. The Hall–Kier alpha value is -0.860. The van der Waals surface area contributed by atoms with E-state index < -0.39 is 0 Å². The van der Waals surface area contributed by atoms with Gasteiger partial charge in [-0.1, -0.05) is 57.0 Å². The quantitative estimate of drug-likeness (QED) is 0.572. The van der Waals surface area contributed by atoms with Crippen molar-refractivity contribution >= 4 is 0 Å². The Morgan fingerprint density at radius 2 is 1.83 bits per heavy atom. The van der Waals surface area contributed by atoms with Gasteiger partial charge in [0.15, 0.2) is 0 Å². The topological polar surface area (TPSA) is 38.0 Å². The molecule has 1 aliphatic rings. The maximum Gasteiger partial charge on any atom is 0.0307 e. The van der Waals surface area contributed by atoms with Gasteiger partial charge in [-0.25, -0.2) is 0 Å². The molecular formula is C16H26N2. The van der Waals surface area contributed by atoms with Gasteiger partial charge in [-0.05, 0) is 30.7 Å². The lowest BCUT2D eigenvalue weighted by atomic mass is 9.85. The van der Waals surface area contributed by atoms with Crippen LogP contribution in [0, 0.1) is 5.92 Å². The van der Waals surface area contributed by atoms with Crippen LogP contribution in [0.1, 0.15) is 51.5 Å². The molecular weight excluding hydrogens is 220 g/mol. The zero-order valence-corrected chi connectivity index (χ0v) is 11.7. The molecule has 3 N–H and O–H groups in total. The maximum absolute atomic E-state index is 5.80. The molecule has 2 rings (SSSR count). The van der Waals surface area contributed by atoms with Crippen molar-refractivity contribution in [1.29, 1.82) is 0 Å². The number of benzene rings is 1. The van der Waals surface area contributed by atoms with Crippen LogP contribution in [0.15, 0.2) is 30.3 Å². The molecule has 0 aromatic heterocycles. The molecule has 2 nitrogen and oxygen atoms in total. The first-order chi connectivity index (χ1) is 8.69. The summed E-state index contributed by atoms with van der Waals surface area (Å²) in [5.74, 6) is 6.59. The third kappa shape index (κ3) is 2.93. The molecule has 0 radical (unpaired) electrons. The first-order valence-electron chi connectivity index (χ1n) is 7.21. The van der Waals surface area contributed by atoms with Crippen LogP contribution in [0.25, 0.3) is 0 Å². The fraction of sp³-hybridized carbons (Fsp3) is 0.625. The van der Waals surface area contributed by atoms with E-state index in [2.05, 4.69) is 49.6 Å². The lowest BCUT2D eigenvalue weighted by Crippen LogP contribution is -2.44. The Kier molecular flexibility index (Phi) is 4.41. The number of nitrogens with two attached hydrogens (primary N) is 1. The smallest absolute Gasteiger partial charge is 0.0307 e. The van der Waals surface area contributed by atoms with Crippen molar-refractivity contribution in [2.45, 2.75) is 57.4 Å². The first-order valence-corrected chi connectivity index (χ1v) is 7.21. The first kappa shape index (κ1) is 13.6. The van der Waals surface area contributed by atoms with Crippen LogP contribution < -0.4 is 11.3 Å². The Balaban J connectivity index is 1.99. The molecule has 1 aromatic carbocycles. The highest BCUT2D eigenvalue weighted by Gasteiger charge is 2.49. The van der Waals surface area contributed by atoms with Gasteiger partial charge in [0, 0.05) is 11.5 Å². The van der Waals surface area contributed by atoms with E-state index in [9.17, 15) is 0 Å². The van der Waals surface area contributed by atoms with Crippen molar-refractivity contribution in [3.8, 4) is 0 Å². The van der Waals surface area contributed by atoms with Crippen LogP contribution in [-0.4, -0.2) is 6.04 Å². The van der Waals surface area contributed by atoms with Gasteiger partial charge in [-0.3, -0.25) is 11.3 Å². The van der Waals surface area contributed by atoms with E-state index in [-0.39, 0.29) is 0 Å². The Morgan fingerprint density at radius 3 is 2.33 bits per heavy atom. The van der Waals surface area contributed by atoms with Crippen LogP contribution in [0.5, 0.6) is 0 Å². The van der Waals surface area contributed by atoms with E-state index in [1.54, 1.807) is 0 Å². The van der Waals surface area contributed by atoms with Crippen LogP contribution in [0.2, 0.25) is 0 Å². The molecule has 0 aliphatic heterocycles. The van der Waals surface area contributed by atoms with Crippen molar-refractivity contribution in [1.82, 2.24) is 5.43 Å². The highest BCUT2D eigenvalue weighted by Crippen LogP contribution is 2.51. The van der Waals surface area contributed by atoms with Crippen LogP contribution in [-0.2, 0) is 5.41 Å². The molecule has 0 saturated heterocycles. The Bertz CT molecular complexity index is 355. The second-order valence-electron chi connectivity index (χ2n) is 6.07. The molecule has 0 spiro atoms. The summed E-state index contributed by atoms with van der Waals surface area (Å²) in [5, 5.41) is 0. The lowest BCUT2D eigenvalue weighted by molar-refractivity contribution is 0.374. The highest BCUT2D eigenvalue weighted by molar-refractivity contribution is 5.33. The summed E-state index contributed by atoms with van der Waals surface area (Å²) >= 11 is 0. The summed E-state index contributed by atoms with van der Waals surface area (Å²) in [6.07, 6.45) is 6.29. The normalized spacial score (nSPS) is 18.9. The molecule has 18 heavy (non-hydrogen) atoms. The molecule has 1 aromatic rings. The van der Waals surface area contributed by atoms with E-state index in [0.717, 1.165) is 5.92 Å². The number of rotatable bonds is 7. The van der Waals surface area contributed by atoms with Gasteiger partial charge < -0.3 is 0 Å². The molecule has 1 fully saturated rings. The number of hydrogen-bond acceptors (Lipinski definition) is 2. The summed E-state index contributed by atoms with van der Waals surface area (Å²) in [7, 11) is 0. The summed E-state index contributed by atoms with van der Waals surface area (Å²) in [6.45, 7) is 4.57. The van der Waals surface area contributed by atoms with Crippen LogP contribution in [0.4, 0.5) is 0 Å². The van der Waals surface area contributed by atoms with Crippen molar-refractivity contribution < 1.29 is 0 Å². The van der Waals surface area contributed by atoms with Gasteiger partial charge in [0.25, 0.3) is 0 Å². The zero-order chi connectivity index (χ0) is 13.0. The molecule has 1 atom stereocenters. The maximum atomic E-state index is 5.80. The standard InChI is InChI=1S/C16H26N2/c1-13(2)7-6-10-15(18-17)16(11-12-16)14-8-4-3-5-9-14/h3-5,8-9,13,15,18H,6-7,10-12,17H2,1-2H3. The lowest BCUT2D eigenvalue weighted by Gasteiger charge is -2.27. The summed E-state index contributed by atoms with van der Waals surface area (Å²) in [6, 6.07) is 11.3. The predicted octanol–water partition coefficient (Wildman–Crippen LogP) is 3.38. The van der Waals surface area contributed by atoms with E-state index >= 15 is 0 Å². The van der Waals surface area contributed by atoms with Gasteiger partial charge in [-0.2, -0.15) is 0 Å². The minimum absolute atomic E-state index is 0.312. The van der Waals surface area contributed by atoms with Crippen LogP contribution >= 0.6 is 0 Å². The SMILES string of the molecule is CC(C)CCCC(NN)C1(c2ccccc2)CC1. The average Bonchev–Trinajstić information content (AvgIpc) is 3.17. The van der Waals surface area contributed by atoms with Crippen LogP contribution in [0.3, 0.4) is 0 Å². The van der Waals surface area contributed by atoms with E-state index in [4.69, 9.17) is 5.84 Å². The molecule has 0 heterocycles. The van der Waals surface area contributed by atoms with E-state index in [0.29, 0.717) is 11.5 Å². The second kappa shape index (κ2) is 5.85. The van der Waals surface area contributed by atoms with Crippen molar-refractivity contribution in [3.63, 3.8) is 0 Å².